The van der Waals surface area contributed by atoms with E-state index >= 15 is 0 Å². The molecular weight excluding hydrogens is 304 g/mol. The lowest BCUT2D eigenvalue weighted by atomic mass is 9.96. The lowest BCUT2D eigenvalue weighted by Gasteiger charge is -2.23. The first kappa shape index (κ1) is 14.6. The van der Waals surface area contributed by atoms with Crippen molar-refractivity contribution in [1.29, 1.82) is 0 Å². The highest BCUT2D eigenvalue weighted by atomic mass is 32.2. The van der Waals surface area contributed by atoms with Crippen LogP contribution in [0.15, 0.2) is 52.4 Å². The van der Waals surface area contributed by atoms with Crippen molar-refractivity contribution >= 4 is 21.8 Å². The summed E-state index contributed by atoms with van der Waals surface area (Å²) >= 11 is 1.73. The van der Waals surface area contributed by atoms with Crippen LogP contribution >= 0.6 is 11.8 Å². The van der Waals surface area contributed by atoms with Crippen LogP contribution in [0.4, 0.5) is 0 Å². The molecule has 2 N–H and O–H groups in total. The van der Waals surface area contributed by atoms with E-state index in [0.29, 0.717) is 5.25 Å². The smallest absolute Gasteiger partial charge is 0.238 e. The van der Waals surface area contributed by atoms with Crippen LogP contribution < -0.4 is 5.14 Å². The average Bonchev–Trinajstić information content (AvgIpc) is 2.47. The standard InChI is InChI=1S/C15H16N2O2S2/c16-21(18,19)13-8-6-12(7-9-13)20-14-5-1-3-11-4-2-10-17-15(11)14/h2,4,6-10,14H,1,3,5H2,(H2,16,18,19). The molecule has 1 aliphatic rings. The Labute approximate surface area is 128 Å². The van der Waals surface area contributed by atoms with Gasteiger partial charge in [-0.05, 0) is 55.2 Å². The van der Waals surface area contributed by atoms with Gasteiger partial charge in [0, 0.05) is 11.1 Å². The van der Waals surface area contributed by atoms with E-state index in [2.05, 4.69) is 11.1 Å². The predicted octanol–water partition coefficient (Wildman–Crippen LogP) is 2.90. The Morgan fingerprint density at radius 3 is 2.67 bits per heavy atom. The molecule has 0 spiro atoms. The molecule has 1 aromatic carbocycles. The zero-order chi connectivity index (χ0) is 14.9. The number of thioether (sulfide) groups is 1. The number of pyridine rings is 1. The highest BCUT2D eigenvalue weighted by molar-refractivity contribution is 7.99. The maximum absolute atomic E-state index is 11.3. The van der Waals surface area contributed by atoms with Gasteiger partial charge in [0.05, 0.1) is 15.8 Å². The quantitative estimate of drug-likeness (QED) is 0.943. The monoisotopic (exact) mass is 320 g/mol. The van der Waals surface area contributed by atoms with Crippen molar-refractivity contribution in [3.05, 3.63) is 53.9 Å². The minimum absolute atomic E-state index is 0.147. The molecule has 0 amide bonds. The molecule has 3 rings (SSSR count). The predicted molar refractivity (Wildman–Crippen MR) is 83.6 cm³/mol. The second-order valence-corrected chi connectivity index (χ2v) is 7.90. The van der Waals surface area contributed by atoms with Gasteiger partial charge in [0.25, 0.3) is 0 Å². The normalized spacial score (nSPS) is 18.2. The maximum Gasteiger partial charge on any atom is 0.238 e. The van der Waals surface area contributed by atoms with Crippen molar-refractivity contribution in [2.24, 2.45) is 5.14 Å². The molecule has 1 unspecified atom stereocenters. The number of aromatic nitrogens is 1. The minimum atomic E-state index is -3.62. The molecule has 4 nitrogen and oxygen atoms in total. The number of benzene rings is 1. The van der Waals surface area contributed by atoms with Gasteiger partial charge in [0.1, 0.15) is 0 Å². The number of fused-ring (bicyclic) bond motifs is 1. The molecule has 0 saturated carbocycles. The SMILES string of the molecule is NS(=O)(=O)c1ccc(SC2CCCc3cccnc32)cc1. The molecule has 0 saturated heterocycles. The van der Waals surface area contributed by atoms with E-state index < -0.39 is 10.0 Å². The van der Waals surface area contributed by atoms with Gasteiger partial charge in [-0.25, -0.2) is 13.6 Å². The van der Waals surface area contributed by atoms with Gasteiger partial charge in [-0.2, -0.15) is 0 Å². The largest absolute Gasteiger partial charge is 0.260 e. The molecule has 110 valence electrons. The van der Waals surface area contributed by atoms with E-state index in [1.807, 2.05) is 24.4 Å². The fourth-order valence-corrected chi connectivity index (χ4v) is 4.30. The van der Waals surface area contributed by atoms with Crippen LogP contribution in [0.3, 0.4) is 0 Å². The fourth-order valence-electron chi connectivity index (χ4n) is 2.55. The molecule has 0 radical (unpaired) electrons. The van der Waals surface area contributed by atoms with E-state index in [4.69, 9.17) is 5.14 Å². The van der Waals surface area contributed by atoms with Crippen molar-refractivity contribution in [2.75, 3.05) is 0 Å². The summed E-state index contributed by atoms with van der Waals surface area (Å²) in [5, 5.41) is 5.44. The first-order chi connectivity index (χ1) is 10.0. The molecule has 0 fully saturated rings. The van der Waals surface area contributed by atoms with Crippen molar-refractivity contribution < 1.29 is 8.42 Å². The summed E-state index contributed by atoms with van der Waals surface area (Å²) < 4.78 is 22.5. The highest BCUT2D eigenvalue weighted by Crippen LogP contribution is 2.42. The van der Waals surface area contributed by atoms with E-state index in [1.54, 1.807) is 23.9 Å². The van der Waals surface area contributed by atoms with Gasteiger partial charge in [-0.1, -0.05) is 6.07 Å². The van der Waals surface area contributed by atoms with Crippen molar-refractivity contribution in [3.8, 4) is 0 Å². The third-order valence-corrected chi connectivity index (χ3v) is 5.79. The number of primary sulfonamides is 1. The van der Waals surface area contributed by atoms with Gasteiger partial charge < -0.3 is 0 Å². The van der Waals surface area contributed by atoms with E-state index in [-0.39, 0.29) is 4.90 Å². The number of nitrogens with two attached hydrogens (primary N) is 1. The van der Waals surface area contributed by atoms with Crippen LogP contribution in [0, 0.1) is 0 Å². The summed E-state index contributed by atoms with van der Waals surface area (Å²) in [6, 6.07) is 10.8. The average molecular weight is 320 g/mol. The van der Waals surface area contributed by atoms with Crippen molar-refractivity contribution in [1.82, 2.24) is 4.98 Å². The topological polar surface area (TPSA) is 73.1 Å². The minimum Gasteiger partial charge on any atom is -0.260 e. The van der Waals surface area contributed by atoms with Crippen LogP contribution in [0.25, 0.3) is 0 Å². The van der Waals surface area contributed by atoms with Crippen LogP contribution in [0.2, 0.25) is 0 Å². The molecule has 0 aliphatic heterocycles. The second kappa shape index (κ2) is 5.79. The first-order valence-corrected chi connectivity index (χ1v) is 9.20. The maximum atomic E-state index is 11.3. The molecule has 1 aromatic heterocycles. The van der Waals surface area contributed by atoms with Crippen molar-refractivity contribution in [3.63, 3.8) is 0 Å². The first-order valence-electron chi connectivity index (χ1n) is 6.77. The third kappa shape index (κ3) is 3.28. The summed E-state index contributed by atoms with van der Waals surface area (Å²) in [5.74, 6) is 0. The molecule has 0 bridgehead atoms. The molecule has 1 heterocycles. The fraction of sp³-hybridized carbons (Fsp3) is 0.267. The summed E-state index contributed by atoms with van der Waals surface area (Å²) in [6.45, 7) is 0. The Balaban J connectivity index is 1.82. The van der Waals surface area contributed by atoms with Crippen molar-refractivity contribution in [2.45, 2.75) is 34.3 Å². The zero-order valence-corrected chi connectivity index (χ0v) is 13.0. The molecule has 1 atom stereocenters. The van der Waals surface area contributed by atoms with E-state index in [9.17, 15) is 8.42 Å². The summed E-state index contributed by atoms with van der Waals surface area (Å²) in [7, 11) is -3.62. The Morgan fingerprint density at radius 1 is 1.19 bits per heavy atom. The second-order valence-electron chi connectivity index (χ2n) is 5.06. The Morgan fingerprint density at radius 2 is 1.95 bits per heavy atom. The Hall–Kier alpha value is -1.37. The van der Waals surface area contributed by atoms with Crippen LogP contribution in [-0.4, -0.2) is 13.4 Å². The molecule has 21 heavy (non-hydrogen) atoms. The van der Waals surface area contributed by atoms with Crippen LogP contribution in [-0.2, 0) is 16.4 Å². The Kier molecular flexibility index (Phi) is 4.01. The van der Waals surface area contributed by atoms with E-state index in [0.717, 1.165) is 29.9 Å². The van der Waals surface area contributed by atoms with Gasteiger partial charge in [0.15, 0.2) is 0 Å². The molecule has 1 aliphatic carbocycles. The lowest BCUT2D eigenvalue weighted by Crippen LogP contribution is -2.12. The Bertz CT molecular complexity index is 743. The van der Waals surface area contributed by atoms with Gasteiger partial charge in [0.2, 0.25) is 10.0 Å². The number of rotatable bonds is 3. The summed E-state index contributed by atoms with van der Waals surface area (Å²) in [4.78, 5) is 5.70. The van der Waals surface area contributed by atoms with Crippen LogP contribution in [0.1, 0.15) is 29.3 Å². The number of nitrogens with zero attached hydrogens (tertiary/aromatic N) is 1. The number of hydrogen-bond acceptors (Lipinski definition) is 4. The number of sulfonamides is 1. The molecular formula is C15H16N2O2S2. The summed E-state index contributed by atoms with van der Waals surface area (Å²) in [6.07, 6.45) is 5.17. The van der Waals surface area contributed by atoms with E-state index in [1.165, 1.54) is 5.56 Å². The molecule has 2 aromatic rings. The van der Waals surface area contributed by atoms with Gasteiger partial charge in [-0.3, -0.25) is 4.98 Å². The highest BCUT2D eigenvalue weighted by Gasteiger charge is 2.22. The van der Waals surface area contributed by atoms with Crippen LogP contribution in [0.5, 0.6) is 0 Å². The summed E-state index contributed by atoms with van der Waals surface area (Å²) in [5.41, 5.74) is 2.48. The zero-order valence-electron chi connectivity index (χ0n) is 11.4. The molecule has 6 heteroatoms. The van der Waals surface area contributed by atoms with Gasteiger partial charge >= 0.3 is 0 Å². The van der Waals surface area contributed by atoms with Gasteiger partial charge in [-0.15, -0.1) is 11.8 Å². The third-order valence-electron chi connectivity index (χ3n) is 3.57. The number of hydrogen-bond donors (Lipinski definition) is 1. The number of aryl methyl sites for hydroxylation is 1. The lowest BCUT2D eigenvalue weighted by molar-refractivity contribution is 0.597.